The third kappa shape index (κ3) is 2.27. The van der Waals surface area contributed by atoms with E-state index in [1.165, 1.54) is 0 Å². The maximum Gasteiger partial charge on any atom is 0.226 e. The van der Waals surface area contributed by atoms with Gasteiger partial charge in [0.25, 0.3) is 0 Å². The lowest BCUT2D eigenvalue weighted by molar-refractivity contribution is -0.124. The Kier molecular flexibility index (Phi) is 3.07. The number of nitrogens with one attached hydrogen (secondary N) is 1. The lowest BCUT2D eigenvalue weighted by Gasteiger charge is -2.24. The number of carbonyl (C=O) groups is 1. The van der Waals surface area contributed by atoms with Crippen molar-refractivity contribution in [2.75, 3.05) is 6.61 Å². The van der Waals surface area contributed by atoms with Crippen LogP contribution in [0.3, 0.4) is 0 Å². The first-order valence-corrected chi connectivity index (χ1v) is 6.70. The number of rotatable bonds is 4. The fraction of sp³-hybridized carbons (Fsp3) is 0.692. The van der Waals surface area contributed by atoms with E-state index in [1.54, 1.807) is 0 Å². The first kappa shape index (κ1) is 11.7. The average molecular weight is 249 g/mol. The summed E-state index contributed by atoms with van der Waals surface area (Å²) >= 11 is 0. The lowest BCUT2D eigenvalue weighted by atomic mass is 10.1. The van der Waals surface area contributed by atoms with Crippen LogP contribution in [0.25, 0.3) is 0 Å². The van der Waals surface area contributed by atoms with Crippen molar-refractivity contribution in [3.05, 3.63) is 18.2 Å². The summed E-state index contributed by atoms with van der Waals surface area (Å²) in [4.78, 5) is 16.3. The van der Waals surface area contributed by atoms with Crippen molar-refractivity contribution in [3.8, 4) is 0 Å². The standard InChI is InChI=1S/C13H19N3O2/c1-2-18-11-7-10(11)13(17)15-9-3-4-12-14-5-6-16(12)8-9/h5-6,9-11H,2-4,7-8H2,1H3,(H,15,17)/t9-,10-,11+/m0/s1. The molecule has 2 heterocycles. The summed E-state index contributed by atoms with van der Waals surface area (Å²) in [7, 11) is 0. The predicted octanol–water partition coefficient (Wildman–Crippen LogP) is 0.739. The highest BCUT2D eigenvalue weighted by molar-refractivity contribution is 5.82. The molecule has 1 aliphatic heterocycles. The van der Waals surface area contributed by atoms with Crippen molar-refractivity contribution in [1.29, 1.82) is 0 Å². The van der Waals surface area contributed by atoms with Gasteiger partial charge in [-0.25, -0.2) is 4.98 Å². The molecule has 0 saturated heterocycles. The molecule has 0 spiro atoms. The topological polar surface area (TPSA) is 56.1 Å². The maximum absolute atomic E-state index is 12.0. The zero-order valence-corrected chi connectivity index (χ0v) is 10.6. The Morgan fingerprint density at radius 3 is 3.39 bits per heavy atom. The van der Waals surface area contributed by atoms with Gasteiger partial charge in [0, 0.05) is 38.0 Å². The number of ether oxygens (including phenoxy) is 1. The Hall–Kier alpha value is -1.36. The third-order valence-electron chi connectivity index (χ3n) is 3.73. The van der Waals surface area contributed by atoms with Crippen LogP contribution in [0.4, 0.5) is 0 Å². The van der Waals surface area contributed by atoms with Crippen molar-refractivity contribution in [2.24, 2.45) is 5.92 Å². The lowest BCUT2D eigenvalue weighted by Crippen LogP contribution is -2.42. The molecule has 5 nitrogen and oxygen atoms in total. The van der Waals surface area contributed by atoms with Gasteiger partial charge in [-0.15, -0.1) is 0 Å². The minimum Gasteiger partial charge on any atom is -0.378 e. The highest BCUT2D eigenvalue weighted by atomic mass is 16.5. The predicted molar refractivity (Wildman–Crippen MR) is 66.0 cm³/mol. The van der Waals surface area contributed by atoms with Gasteiger partial charge in [0.05, 0.1) is 12.0 Å². The van der Waals surface area contributed by atoms with Crippen LogP contribution in [0.1, 0.15) is 25.6 Å². The molecule has 3 rings (SSSR count). The van der Waals surface area contributed by atoms with Crippen LogP contribution >= 0.6 is 0 Å². The Balaban J connectivity index is 1.51. The molecule has 0 aromatic carbocycles. The summed E-state index contributed by atoms with van der Waals surface area (Å²) < 4.78 is 7.57. The number of hydrogen-bond acceptors (Lipinski definition) is 3. The molecule has 1 aliphatic carbocycles. The van der Waals surface area contributed by atoms with Crippen molar-refractivity contribution in [3.63, 3.8) is 0 Å². The van der Waals surface area contributed by atoms with E-state index in [9.17, 15) is 4.79 Å². The van der Waals surface area contributed by atoms with Crippen molar-refractivity contribution in [1.82, 2.24) is 14.9 Å². The summed E-state index contributed by atoms with van der Waals surface area (Å²) in [6.45, 7) is 3.50. The highest BCUT2D eigenvalue weighted by Gasteiger charge is 2.44. The van der Waals surface area contributed by atoms with Crippen LogP contribution in [-0.4, -0.2) is 34.2 Å². The van der Waals surface area contributed by atoms with E-state index in [0.717, 1.165) is 31.6 Å². The molecule has 1 fully saturated rings. The van der Waals surface area contributed by atoms with Gasteiger partial charge in [0.15, 0.2) is 0 Å². The van der Waals surface area contributed by atoms with Crippen LogP contribution in [0.2, 0.25) is 0 Å². The first-order valence-electron chi connectivity index (χ1n) is 6.70. The van der Waals surface area contributed by atoms with Crippen LogP contribution in [-0.2, 0) is 22.5 Å². The Bertz CT molecular complexity index is 443. The number of fused-ring (bicyclic) bond motifs is 1. The van der Waals surface area contributed by atoms with Crippen LogP contribution in [0.15, 0.2) is 12.4 Å². The van der Waals surface area contributed by atoms with Gasteiger partial charge in [-0.3, -0.25) is 4.79 Å². The molecule has 2 aliphatic rings. The van der Waals surface area contributed by atoms with Gasteiger partial charge in [0.1, 0.15) is 5.82 Å². The number of aromatic nitrogens is 2. The second-order valence-electron chi connectivity index (χ2n) is 5.08. The molecule has 1 amide bonds. The van der Waals surface area contributed by atoms with E-state index in [1.807, 2.05) is 19.3 Å². The van der Waals surface area contributed by atoms with Gasteiger partial charge in [-0.2, -0.15) is 0 Å². The Labute approximate surface area is 107 Å². The van der Waals surface area contributed by atoms with Gasteiger partial charge < -0.3 is 14.6 Å². The van der Waals surface area contributed by atoms with Gasteiger partial charge >= 0.3 is 0 Å². The van der Waals surface area contributed by atoms with Gasteiger partial charge in [-0.1, -0.05) is 0 Å². The first-order chi connectivity index (χ1) is 8.78. The number of hydrogen-bond donors (Lipinski definition) is 1. The summed E-state index contributed by atoms with van der Waals surface area (Å²) in [5.74, 6) is 1.36. The molecule has 0 radical (unpaired) electrons. The van der Waals surface area contributed by atoms with E-state index in [0.29, 0.717) is 6.61 Å². The highest BCUT2D eigenvalue weighted by Crippen LogP contribution is 2.34. The molecular formula is C13H19N3O2. The molecule has 1 aromatic heterocycles. The monoisotopic (exact) mass is 249 g/mol. The number of amides is 1. The van der Waals surface area contributed by atoms with Gasteiger partial charge in [0.2, 0.25) is 5.91 Å². The summed E-state index contributed by atoms with van der Waals surface area (Å²) in [5, 5.41) is 3.13. The van der Waals surface area contributed by atoms with E-state index < -0.39 is 0 Å². The second kappa shape index (κ2) is 4.72. The van der Waals surface area contributed by atoms with Crippen LogP contribution in [0.5, 0.6) is 0 Å². The molecule has 0 unspecified atom stereocenters. The summed E-state index contributed by atoms with van der Waals surface area (Å²) in [6.07, 6.45) is 6.76. The van der Waals surface area contributed by atoms with Crippen LogP contribution < -0.4 is 5.32 Å². The maximum atomic E-state index is 12.0. The van der Waals surface area contributed by atoms with Crippen LogP contribution in [0, 0.1) is 5.92 Å². The quantitative estimate of drug-likeness (QED) is 0.856. The van der Waals surface area contributed by atoms with E-state index in [2.05, 4.69) is 14.9 Å². The molecule has 98 valence electrons. The molecule has 5 heteroatoms. The van der Waals surface area contributed by atoms with E-state index >= 15 is 0 Å². The molecular weight excluding hydrogens is 230 g/mol. The zero-order valence-electron chi connectivity index (χ0n) is 10.6. The van der Waals surface area contributed by atoms with E-state index in [4.69, 9.17) is 4.74 Å². The summed E-state index contributed by atoms with van der Waals surface area (Å²) in [5.41, 5.74) is 0. The molecule has 3 atom stereocenters. The number of imidazole rings is 1. The molecule has 18 heavy (non-hydrogen) atoms. The fourth-order valence-electron chi connectivity index (χ4n) is 2.64. The number of aryl methyl sites for hydroxylation is 1. The zero-order chi connectivity index (χ0) is 12.5. The fourth-order valence-corrected chi connectivity index (χ4v) is 2.64. The largest absolute Gasteiger partial charge is 0.378 e. The van der Waals surface area contributed by atoms with Crippen molar-refractivity contribution >= 4 is 5.91 Å². The van der Waals surface area contributed by atoms with Crippen molar-refractivity contribution < 1.29 is 9.53 Å². The minimum atomic E-state index is 0.0779. The van der Waals surface area contributed by atoms with E-state index in [-0.39, 0.29) is 24.0 Å². The minimum absolute atomic E-state index is 0.0779. The third-order valence-corrected chi connectivity index (χ3v) is 3.73. The molecule has 1 saturated carbocycles. The average Bonchev–Trinajstić information content (AvgIpc) is 2.98. The normalized spacial score (nSPS) is 29.7. The SMILES string of the molecule is CCO[C@@H]1C[C@@H]1C(=O)N[C@H]1CCc2nccn2C1. The molecule has 1 aromatic rings. The van der Waals surface area contributed by atoms with Crippen molar-refractivity contribution in [2.45, 2.75) is 44.9 Å². The smallest absolute Gasteiger partial charge is 0.226 e. The molecule has 1 N–H and O–H groups in total. The number of nitrogens with zero attached hydrogens (tertiary/aromatic N) is 2. The second-order valence-corrected chi connectivity index (χ2v) is 5.08. The Morgan fingerprint density at radius 1 is 1.67 bits per heavy atom. The number of carbonyl (C=O) groups excluding carboxylic acids is 1. The molecule has 0 bridgehead atoms. The van der Waals surface area contributed by atoms with Gasteiger partial charge in [-0.05, 0) is 19.8 Å². The summed E-state index contributed by atoms with van der Waals surface area (Å²) in [6, 6.07) is 0.238. The Morgan fingerprint density at radius 2 is 2.56 bits per heavy atom.